The number of aromatic nitrogens is 9. The minimum absolute atomic E-state index is 0. The molecule has 16 rings (SSSR count). The van der Waals surface area contributed by atoms with Crippen molar-refractivity contribution in [2.75, 3.05) is 45.4 Å². The van der Waals surface area contributed by atoms with Crippen LogP contribution >= 0.6 is 23.8 Å². The molecule has 3 aliphatic heterocycles. The number of nitrogens with zero attached hydrogens (tertiary/aromatic N) is 8. The average molecular weight is 1860 g/mol. The maximum absolute atomic E-state index is 14.9. The van der Waals surface area contributed by atoms with Crippen molar-refractivity contribution in [3.63, 3.8) is 0 Å². The Bertz CT molecular complexity index is 6490. The van der Waals surface area contributed by atoms with Gasteiger partial charge in [0.05, 0.1) is 76.4 Å². The first-order valence-electron chi connectivity index (χ1n) is 38.1. The van der Waals surface area contributed by atoms with Gasteiger partial charge in [0.1, 0.15) is 11.6 Å². The molecule has 13 aromatic rings. The largest absolute Gasteiger partial charge is 1.00 e. The number of hydrogen-bond acceptors (Lipinski definition) is 22. The summed E-state index contributed by atoms with van der Waals surface area (Å²) in [6, 6.07) is 55.6. The van der Waals surface area contributed by atoms with Crippen molar-refractivity contribution >= 4 is 57.0 Å². The Morgan fingerprint density at radius 1 is 0.472 bits per heavy atom. The van der Waals surface area contributed by atoms with E-state index in [2.05, 4.69) is 29.9 Å². The molecule has 39 heteroatoms. The molecule has 0 saturated carbocycles. The third-order valence-corrected chi connectivity index (χ3v) is 21.5. The van der Waals surface area contributed by atoms with E-state index in [-0.39, 0.29) is 162 Å². The van der Waals surface area contributed by atoms with Crippen molar-refractivity contribution in [1.29, 1.82) is 0 Å². The van der Waals surface area contributed by atoms with E-state index < -0.39 is 78.0 Å². The Morgan fingerprint density at radius 3 is 1.19 bits per heavy atom. The predicted molar refractivity (Wildman–Crippen MR) is 461 cm³/mol. The Morgan fingerprint density at radius 2 is 0.819 bits per heavy atom. The number of fused-ring (bicyclic) bond motifs is 3. The molecule has 3 aliphatic rings. The summed E-state index contributed by atoms with van der Waals surface area (Å²) in [5.74, 6) is 0.172. The van der Waals surface area contributed by atoms with E-state index in [1.807, 2.05) is 73.7 Å². The number of H-pyrrole nitrogens is 1. The number of halogens is 10. The molecule has 0 aliphatic carbocycles. The van der Waals surface area contributed by atoms with Gasteiger partial charge in [0.15, 0.2) is 56.7 Å². The van der Waals surface area contributed by atoms with Crippen LogP contribution in [0.4, 0.5) is 40.5 Å². The second kappa shape index (κ2) is 47.3. The zero-order valence-corrected chi connectivity index (χ0v) is 74.5. The van der Waals surface area contributed by atoms with Gasteiger partial charge < -0.3 is 70.1 Å². The molecule has 0 amide bonds. The van der Waals surface area contributed by atoms with Gasteiger partial charge in [-0.2, -0.15) is 0 Å². The summed E-state index contributed by atoms with van der Waals surface area (Å²) >= 11 is 10.9. The molecule has 0 spiro atoms. The summed E-state index contributed by atoms with van der Waals surface area (Å²) in [5.41, 5.74) is 5.89. The van der Waals surface area contributed by atoms with Gasteiger partial charge in [-0.15, -0.1) is 11.6 Å². The van der Waals surface area contributed by atoms with Gasteiger partial charge in [-0.05, 0) is 159 Å². The first-order valence-corrected chi connectivity index (χ1v) is 41.9. The van der Waals surface area contributed by atoms with Crippen molar-refractivity contribution in [2.24, 2.45) is 0 Å². The van der Waals surface area contributed by atoms with Crippen molar-refractivity contribution in [3.05, 3.63) is 340 Å². The van der Waals surface area contributed by atoms with Crippen LogP contribution in [0.15, 0.2) is 243 Å². The molecule has 7 aromatic carbocycles. The average Bonchev–Trinajstić information content (AvgIpc) is 0.992. The number of benzene rings is 7. The molecule has 0 saturated heterocycles. The van der Waals surface area contributed by atoms with Gasteiger partial charge >= 0.3 is 29.6 Å². The Kier molecular flexibility index (Phi) is 37.6. The number of aryl methyl sites for hydroxylation is 3. The van der Waals surface area contributed by atoms with Gasteiger partial charge in [-0.1, -0.05) is 115 Å². The maximum Gasteiger partial charge on any atom is 1.00 e. The molecule has 6 aromatic heterocycles. The normalized spacial score (nSPS) is 12.2. The molecule has 1 N–H and O–H groups in total. The molecule has 0 bridgehead atoms. The van der Waals surface area contributed by atoms with Gasteiger partial charge in [0.2, 0.25) is 50.4 Å². The summed E-state index contributed by atoms with van der Waals surface area (Å²) in [7, 11) is -8.70. The number of nitrogens with one attached hydrogen (secondary N) is 1. The molecule has 9 heterocycles. The summed E-state index contributed by atoms with van der Waals surface area (Å²) in [5, 5.41) is -0.793. The Labute approximate surface area is 763 Å². The minimum Gasteiger partial charge on any atom is -0.813 e. The predicted octanol–water partition coefficient (Wildman–Crippen LogP) is 13.4. The van der Waals surface area contributed by atoms with E-state index in [1.54, 1.807) is 111 Å². The van der Waals surface area contributed by atoms with Crippen LogP contribution < -0.4 is 74.7 Å². The number of alkyl halides is 2. The van der Waals surface area contributed by atoms with Crippen LogP contribution in [0.5, 0.6) is 34.5 Å². The van der Waals surface area contributed by atoms with Crippen LogP contribution in [0, 0.1) is 54.6 Å². The van der Waals surface area contributed by atoms with E-state index >= 15 is 0 Å². The first-order chi connectivity index (χ1) is 59.1. The van der Waals surface area contributed by atoms with E-state index in [9.17, 15) is 57.6 Å². The number of rotatable bonds is 24. The van der Waals surface area contributed by atoms with Crippen LogP contribution in [0.25, 0.3) is 33.8 Å². The van der Waals surface area contributed by atoms with E-state index in [4.69, 9.17) is 63.1 Å². The molecular weight excluding hydrogens is 1780 g/mol. The molecule has 0 fully saturated rings. The summed E-state index contributed by atoms with van der Waals surface area (Å²) in [6.07, 6.45) is 5.42. The zero-order valence-electron chi connectivity index (χ0n) is 69.4. The molecule has 0 radical (unpaired) electrons. The maximum atomic E-state index is 14.9. The second-order valence-corrected chi connectivity index (χ2v) is 32.3. The van der Waals surface area contributed by atoms with E-state index in [0.29, 0.717) is 96.5 Å². The zero-order chi connectivity index (χ0) is 87.5. The first kappa shape index (κ1) is 101. The van der Waals surface area contributed by atoms with Crippen LogP contribution in [0.2, 0.25) is 0 Å². The van der Waals surface area contributed by atoms with Gasteiger partial charge in [-0.3, -0.25) is 32.9 Å². The Balaban J connectivity index is 0.000000239. The summed E-state index contributed by atoms with van der Waals surface area (Å²) < 4.78 is 185. The molecule has 127 heavy (non-hydrogen) atoms. The Hall–Kier alpha value is -11.5. The van der Waals surface area contributed by atoms with Gasteiger partial charge in [0, 0.05) is 75.6 Å². The van der Waals surface area contributed by atoms with Gasteiger partial charge in [-0.25, -0.2) is 63.7 Å². The number of ether oxygens (including phenoxy) is 8. The molecule has 2 unspecified atom stereocenters. The third-order valence-electron chi connectivity index (χ3n) is 18.7. The molecular formula is C88H82ClF9N9NaO15S4. The summed E-state index contributed by atoms with van der Waals surface area (Å²) in [6.45, 7) is 5.95. The number of pyridine rings is 3. The van der Waals surface area contributed by atoms with Crippen molar-refractivity contribution in [1.82, 2.24) is 43.6 Å². The fourth-order valence-corrected chi connectivity index (χ4v) is 15.0. The fourth-order valence-electron chi connectivity index (χ4n) is 12.8. The van der Waals surface area contributed by atoms with Crippen LogP contribution in [-0.4, -0.2) is 106 Å². The second-order valence-electron chi connectivity index (χ2n) is 27.7. The van der Waals surface area contributed by atoms with Crippen molar-refractivity contribution in [3.8, 4) is 68.3 Å². The van der Waals surface area contributed by atoms with E-state index in [1.165, 1.54) is 56.4 Å². The monoisotopic (exact) mass is 1860 g/mol. The van der Waals surface area contributed by atoms with Crippen molar-refractivity contribution in [2.45, 2.75) is 89.0 Å². The number of thiol groups is 1. The van der Waals surface area contributed by atoms with Crippen molar-refractivity contribution < 1.29 is 126 Å². The number of aromatic amines is 1. The number of sulfone groups is 2. The van der Waals surface area contributed by atoms with E-state index in [0.717, 1.165) is 40.8 Å². The SMILES string of the molecule is Cc1cc(-c2cc(F)c(=O)n(Cc3ccc4c(c3)OCO4)c2)nc(=S)[nH]1.Cc1cc(-c2cc(F)c(=O)n(Cc3ccc4c(c3)OCO4)c2)nc(S(=O)(=O)CCC(OCc2ccccc2F)c2ccccc2)n1.Cc1cc(-c2cc(F)c(=O)n(Cc3ccc4c(c3)OCO4)c2)nc(S(C)(=O)=O)n1.F.F.F.Fc1ccccc1COC(CCCl)c1ccccc1.[2H]CF.[Na+].[SH-]. The fraction of sp³-hybridized carbons (Fsp3) is 0.216. The smallest absolute Gasteiger partial charge is 0.813 e. The van der Waals surface area contributed by atoms with Crippen LogP contribution in [-0.2, 0) is 75.5 Å². The van der Waals surface area contributed by atoms with Crippen LogP contribution in [0.1, 0.15) is 82.4 Å². The topological polar surface area (TPSA) is 288 Å². The van der Waals surface area contributed by atoms with Crippen LogP contribution in [0.3, 0.4) is 0 Å². The number of hydrogen-bond donors (Lipinski definition) is 1. The molecule has 664 valence electrons. The van der Waals surface area contributed by atoms with Gasteiger partial charge in [0.25, 0.3) is 16.7 Å². The third kappa shape index (κ3) is 27.3. The molecule has 2 atom stereocenters. The quantitative estimate of drug-likeness (QED) is 0.0112. The molecule has 24 nitrogen and oxygen atoms in total. The minimum atomic E-state index is -4.05. The summed E-state index contributed by atoms with van der Waals surface area (Å²) in [4.78, 5) is 60.7. The standard InChI is InChI=1S/C34H29F2N3O6S.C19H16FN3O5S.C18H14FN3O3S.C16H16ClFO.CH3F.3FH.Na.H2S/c1-22-15-29(26-17-28(36)33(40)39(19-26)18-23-11-12-31-32(16-23)45-21-44-31)38-34(37-22)46(41,42)14-13-30(24-7-3-2-4-8-24)43-20-25-9-5-6-10-27(25)35;1-11-5-15(22-19(21-11)29(2,25)26)13-7-14(20)18(24)23(9-13)8-12-3-4-16-17(6-12)28-10-27-16;1-10-4-14(21-18(26)20-10)12-6-13(19)17(23)22(8-12)7-11-2-3-15-16(5-11)25-9-24-15;17-11-10-16(13-6-2-1-3-7-13)19-12-14-8-4-5-9-15(14)18;1-2;;;;;/h2-12,15-17,19,30H,13-14,18,20-21H2,1H3;3-7,9H,8,10H2,1-2H3;2-6,8H,7,9H2,1H3,(H,20,21,26);1-9,16H,10-12H2;1H3;3*1H;;1H2/q;;;;;;;;+1;/p-1/i;;;;1D;;;;;.